The molecule has 1 amide bonds. The highest BCUT2D eigenvalue weighted by Crippen LogP contribution is 2.38. The molecule has 2 nitrogen and oxygen atoms in total. The third kappa shape index (κ3) is 2.03. The molecule has 0 spiro atoms. The van der Waals surface area contributed by atoms with Crippen molar-refractivity contribution in [2.45, 2.75) is 13.3 Å². The van der Waals surface area contributed by atoms with E-state index in [0.717, 1.165) is 17.5 Å². The number of amides is 1. The van der Waals surface area contributed by atoms with Crippen LogP contribution in [0.25, 0.3) is 10.8 Å². The summed E-state index contributed by atoms with van der Waals surface area (Å²) in [6.07, 6.45) is 1.03. The molecule has 1 saturated carbocycles. The van der Waals surface area contributed by atoms with E-state index in [-0.39, 0.29) is 11.8 Å². The molecule has 2 atom stereocenters. The molecule has 0 radical (unpaired) electrons. The lowest BCUT2D eigenvalue weighted by Gasteiger charge is -2.05. The van der Waals surface area contributed by atoms with Gasteiger partial charge in [0, 0.05) is 11.6 Å². The number of hydrogen-bond donors (Lipinski definition) is 1. The Morgan fingerprint density at radius 1 is 1.18 bits per heavy atom. The van der Waals surface area contributed by atoms with Crippen molar-refractivity contribution in [3.63, 3.8) is 0 Å². The lowest BCUT2D eigenvalue weighted by Crippen LogP contribution is -2.14. The Kier molecular flexibility index (Phi) is 2.36. The summed E-state index contributed by atoms with van der Waals surface area (Å²) in [4.78, 5) is 11.8. The van der Waals surface area contributed by atoms with Gasteiger partial charge in [-0.25, -0.2) is 0 Å². The molecule has 1 N–H and O–H groups in total. The number of rotatable bonds is 2. The molecule has 17 heavy (non-hydrogen) atoms. The van der Waals surface area contributed by atoms with Crippen molar-refractivity contribution >= 4 is 22.4 Å². The van der Waals surface area contributed by atoms with Crippen LogP contribution in [0.4, 0.5) is 5.69 Å². The summed E-state index contributed by atoms with van der Waals surface area (Å²) in [6.45, 7) is 2.12. The van der Waals surface area contributed by atoms with Crippen molar-refractivity contribution in [1.82, 2.24) is 0 Å². The quantitative estimate of drug-likeness (QED) is 0.833. The molecule has 0 heterocycles. The first-order valence-electron chi connectivity index (χ1n) is 6.04. The van der Waals surface area contributed by atoms with Crippen molar-refractivity contribution < 1.29 is 4.79 Å². The Labute approximate surface area is 101 Å². The van der Waals surface area contributed by atoms with Gasteiger partial charge in [0.2, 0.25) is 5.91 Å². The SMILES string of the molecule is C[C@@H]1C[C@H]1C(=O)Nc1ccc2ccccc2c1. The van der Waals surface area contributed by atoms with Crippen molar-refractivity contribution in [3.8, 4) is 0 Å². The van der Waals surface area contributed by atoms with Crippen LogP contribution in [0.15, 0.2) is 42.5 Å². The summed E-state index contributed by atoms with van der Waals surface area (Å²) in [6, 6.07) is 14.2. The van der Waals surface area contributed by atoms with Gasteiger partial charge < -0.3 is 5.32 Å². The van der Waals surface area contributed by atoms with Crippen LogP contribution in [-0.4, -0.2) is 5.91 Å². The van der Waals surface area contributed by atoms with Crippen LogP contribution in [0.5, 0.6) is 0 Å². The Balaban J connectivity index is 1.83. The fourth-order valence-corrected chi connectivity index (χ4v) is 2.19. The van der Waals surface area contributed by atoms with Gasteiger partial charge in [0.05, 0.1) is 0 Å². The molecule has 2 heteroatoms. The molecule has 0 saturated heterocycles. The van der Waals surface area contributed by atoms with Crippen LogP contribution in [-0.2, 0) is 4.79 Å². The first-order valence-corrected chi connectivity index (χ1v) is 6.04. The van der Waals surface area contributed by atoms with E-state index >= 15 is 0 Å². The van der Waals surface area contributed by atoms with E-state index in [9.17, 15) is 4.79 Å². The molecule has 0 unspecified atom stereocenters. The summed E-state index contributed by atoms with van der Waals surface area (Å²) >= 11 is 0. The Hall–Kier alpha value is -1.83. The minimum Gasteiger partial charge on any atom is -0.326 e. The molecule has 2 aromatic carbocycles. The predicted octanol–water partition coefficient (Wildman–Crippen LogP) is 3.43. The molecule has 1 aliphatic rings. The highest BCUT2D eigenvalue weighted by atomic mass is 16.2. The number of benzene rings is 2. The van der Waals surface area contributed by atoms with E-state index in [4.69, 9.17) is 0 Å². The minimum atomic E-state index is 0.160. The zero-order valence-corrected chi connectivity index (χ0v) is 9.81. The maximum atomic E-state index is 11.8. The molecular formula is C15H15NO. The summed E-state index contributed by atoms with van der Waals surface area (Å²) in [5.41, 5.74) is 0.896. The summed E-state index contributed by atoms with van der Waals surface area (Å²) in [5, 5.41) is 5.35. The molecule has 2 aromatic rings. The van der Waals surface area contributed by atoms with E-state index in [0.29, 0.717) is 5.92 Å². The zero-order chi connectivity index (χ0) is 11.8. The molecule has 3 rings (SSSR count). The largest absolute Gasteiger partial charge is 0.326 e. The Bertz CT molecular complexity index is 576. The molecule has 0 bridgehead atoms. The number of anilines is 1. The van der Waals surface area contributed by atoms with Crippen molar-refractivity contribution in [2.75, 3.05) is 5.32 Å². The molecule has 1 aliphatic carbocycles. The van der Waals surface area contributed by atoms with Gasteiger partial charge in [0.15, 0.2) is 0 Å². The van der Waals surface area contributed by atoms with E-state index in [2.05, 4.69) is 24.4 Å². The van der Waals surface area contributed by atoms with Gasteiger partial charge in [0.25, 0.3) is 0 Å². The third-order valence-electron chi connectivity index (χ3n) is 3.46. The van der Waals surface area contributed by atoms with Crippen LogP contribution in [0.2, 0.25) is 0 Å². The second kappa shape index (κ2) is 3.88. The van der Waals surface area contributed by atoms with Crippen LogP contribution in [0.3, 0.4) is 0 Å². The van der Waals surface area contributed by atoms with Gasteiger partial charge in [-0.2, -0.15) is 0 Å². The van der Waals surface area contributed by atoms with Gasteiger partial charge in [-0.05, 0) is 35.2 Å². The van der Waals surface area contributed by atoms with Crippen LogP contribution in [0, 0.1) is 11.8 Å². The van der Waals surface area contributed by atoms with E-state index < -0.39 is 0 Å². The van der Waals surface area contributed by atoms with Gasteiger partial charge in [-0.1, -0.05) is 37.3 Å². The van der Waals surface area contributed by atoms with Crippen molar-refractivity contribution in [1.29, 1.82) is 0 Å². The molecule has 0 aromatic heterocycles. The van der Waals surface area contributed by atoms with Crippen LogP contribution < -0.4 is 5.32 Å². The van der Waals surface area contributed by atoms with E-state index in [1.54, 1.807) is 0 Å². The zero-order valence-electron chi connectivity index (χ0n) is 9.81. The fourth-order valence-electron chi connectivity index (χ4n) is 2.19. The number of hydrogen-bond acceptors (Lipinski definition) is 1. The molecular weight excluding hydrogens is 210 g/mol. The first kappa shape index (κ1) is 10.3. The Morgan fingerprint density at radius 2 is 1.88 bits per heavy atom. The lowest BCUT2D eigenvalue weighted by molar-refractivity contribution is -0.117. The third-order valence-corrected chi connectivity index (χ3v) is 3.46. The molecule has 1 fully saturated rings. The summed E-state index contributed by atoms with van der Waals surface area (Å²) in [7, 11) is 0. The Morgan fingerprint density at radius 3 is 2.59 bits per heavy atom. The number of fused-ring (bicyclic) bond motifs is 1. The van der Waals surface area contributed by atoms with Gasteiger partial charge in [-0.3, -0.25) is 4.79 Å². The molecule has 0 aliphatic heterocycles. The average molecular weight is 225 g/mol. The van der Waals surface area contributed by atoms with Crippen LogP contribution >= 0.6 is 0 Å². The predicted molar refractivity (Wildman–Crippen MR) is 69.8 cm³/mol. The first-order chi connectivity index (χ1) is 8.24. The summed E-state index contributed by atoms with van der Waals surface area (Å²) < 4.78 is 0. The fraction of sp³-hybridized carbons (Fsp3) is 0.267. The summed E-state index contributed by atoms with van der Waals surface area (Å²) in [5.74, 6) is 0.935. The normalized spacial score (nSPS) is 22.4. The smallest absolute Gasteiger partial charge is 0.227 e. The minimum absolute atomic E-state index is 0.160. The van der Waals surface area contributed by atoms with Gasteiger partial charge in [-0.15, -0.1) is 0 Å². The highest BCUT2D eigenvalue weighted by Gasteiger charge is 2.38. The number of nitrogens with one attached hydrogen (secondary N) is 1. The van der Waals surface area contributed by atoms with Gasteiger partial charge >= 0.3 is 0 Å². The van der Waals surface area contributed by atoms with Crippen molar-refractivity contribution in [3.05, 3.63) is 42.5 Å². The monoisotopic (exact) mass is 225 g/mol. The maximum absolute atomic E-state index is 11.8. The second-order valence-corrected chi connectivity index (χ2v) is 4.87. The van der Waals surface area contributed by atoms with E-state index in [1.807, 2.05) is 30.3 Å². The average Bonchev–Trinajstić information content (AvgIpc) is 3.06. The van der Waals surface area contributed by atoms with Crippen LogP contribution in [0.1, 0.15) is 13.3 Å². The van der Waals surface area contributed by atoms with Gasteiger partial charge in [0.1, 0.15) is 0 Å². The number of carbonyl (C=O) groups excluding carboxylic acids is 1. The number of carbonyl (C=O) groups is 1. The standard InChI is InChI=1S/C15H15NO/c1-10-8-14(10)15(17)16-13-7-6-11-4-2-3-5-12(11)9-13/h2-7,9-10,14H,8H2,1H3,(H,16,17)/t10-,14-/m1/s1. The topological polar surface area (TPSA) is 29.1 Å². The lowest BCUT2D eigenvalue weighted by atomic mass is 10.1. The molecule has 86 valence electrons. The van der Waals surface area contributed by atoms with E-state index in [1.165, 1.54) is 5.39 Å². The second-order valence-electron chi connectivity index (χ2n) is 4.87. The highest BCUT2D eigenvalue weighted by molar-refractivity contribution is 5.96. The van der Waals surface area contributed by atoms with Crippen molar-refractivity contribution in [2.24, 2.45) is 11.8 Å². The maximum Gasteiger partial charge on any atom is 0.227 e.